The zero-order chi connectivity index (χ0) is 19.0. The molecule has 27 heavy (non-hydrogen) atoms. The van der Waals surface area contributed by atoms with E-state index >= 15 is 0 Å². The van der Waals surface area contributed by atoms with Gasteiger partial charge in [0.2, 0.25) is 0 Å². The van der Waals surface area contributed by atoms with Gasteiger partial charge in [-0.15, -0.1) is 0 Å². The van der Waals surface area contributed by atoms with Crippen LogP contribution in [-0.2, 0) is 0 Å². The van der Waals surface area contributed by atoms with Gasteiger partial charge in [0, 0.05) is 18.2 Å². The molecule has 0 spiro atoms. The molecule has 0 aromatic heterocycles. The first kappa shape index (κ1) is 16.6. The summed E-state index contributed by atoms with van der Waals surface area (Å²) >= 11 is 0. The first-order valence-electron chi connectivity index (χ1n) is 8.52. The summed E-state index contributed by atoms with van der Waals surface area (Å²) in [5.74, 6) is 0. The fourth-order valence-corrected chi connectivity index (χ4v) is 3.54. The number of rotatable bonds is 2. The predicted octanol–water partition coefficient (Wildman–Crippen LogP) is 5.65. The Balaban J connectivity index is 2.22. The van der Waals surface area contributed by atoms with E-state index in [-0.39, 0.29) is 0 Å². The van der Waals surface area contributed by atoms with Crippen LogP contribution in [-0.4, -0.2) is 18.2 Å². The average Bonchev–Trinajstić information content (AvgIpc) is 2.71. The van der Waals surface area contributed by atoms with Crippen molar-refractivity contribution in [1.29, 1.82) is 5.26 Å². The Morgan fingerprint density at radius 2 is 1.41 bits per heavy atom. The molecule has 0 atom stereocenters. The van der Waals surface area contributed by atoms with E-state index in [2.05, 4.69) is 6.07 Å². The lowest BCUT2D eigenvalue weighted by molar-refractivity contribution is 0.203. The van der Waals surface area contributed by atoms with Crippen molar-refractivity contribution in [2.45, 2.75) is 0 Å². The number of carbonyl (C=O) groups is 1. The smallest absolute Gasteiger partial charge is 0.411 e. The van der Waals surface area contributed by atoms with Crippen molar-refractivity contribution in [1.82, 2.24) is 0 Å². The monoisotopic (exact) mass is 352 g/mol. The van der Waals surface area contributed by atoms with Crippen LogP contribution >= 0.6 is 0 Å². The SMILES string of the molecule is CN(C(=O)O)c1ccc2ccccc2c1-c1c(C#N)ccc2ccccc12. The number of hydrogen-bond donors (Lipinski definition) is 1. The second-order valence-electron chi connectivity index (χ2n) is 6.34. The molecule has 4 heteroatoms. The summed E-state index contributed by atoms with van der Waals surface area (Å²) in [5, 5.41) is 23.2. The molecule has 0 heterocycles. The van der Waals surface area contributed by atoms with Crippen LogP contribution in [0.2, 0.25) is 0 Å². The summed E-state index contributed by atoms with van der Waals surface area (Å²) in [6.45, 7) is 0. The van der Waals surface area contributed by atoms with Crippen LogP contribution < -0.4 is 4.90 Å². The zero-order valence-electron chi connectivity index (χ0n) is 14.7. The summed E-state index contributed by atoms with van der Waals surface area (Å²) in [4.78, 5) is 12.9. The van der Waals surface area contributed by atoms with Gasteiger partial charge in [0.15, 0.2) is 0 Å². The van der Waals surface area contributed by atoms with E-state index in [0.29, 0.717) is 11.3 Å². The summed E-state index contributed by atoms with van der Waals surface area (Å²) in [6, 6.07) is 25.4. The van der Waals surface area contributed by atoms with Gasteiger partial charge >= 0.3 is 6.09 Å². The maximum absolute atomic E-state index is 11.7. The Morgan fingerprint density at radius 3 is 2.00 bits per heavy atom. The molecule has 4 aromatic rings. The molecule has 130 valence electrons. The maximum atomic E-state index is 11.7. The summed E-state index contributed by atoms with van der Waals surface area (Å²) < 4.78 is 0. The van der Waals surface area contributed by atoms with Crippen molar-refractivity contribution in [2.75, 3.05) is 11.9 Å². The first-order valence-corrected chi connectivity index (χ1v) is 8.52. The number of amides is 1. The molecule has 0 aliphatic heterocycles. The normalized spacial score (nSPS) is 10.7. The molecule has 0 saturated carbocycles. The lowest BCUT2D eigenvalue weighted by atomic mass is 9.89. The van der Waals surface area contributed by atoms with Crippen LogP contribution in [0.4, 0.5) is 10.5 Å². The second-order valence-corrected chi connectivity index (χ2v) is 6.34. The minimum absolute atomic E-state index is 0.519. The van der Waals surface area contributed by atoms with E-state index in [1.807, 2.05) is 60.7 Å². The lowest BCUT2D eigenvalue weighted by Crippen LogP contribution is -2.24. The van der Waals surface area contributed by atoms with Crippen molar-refractivity contribution in [3.8, 4) is 17.2 Å². The highest BCUT2D eigenvalue weighted by Gasteiger charge is 2.21. The number of anilines is 1. The summed E-state index contributed by atoms with van der Waals surface area (Å²) in [7, 11) is 1.52. The van der Waals surface area contributed by atoms with Gasteiger partial charge in [-0.3, -0.25) is 4.90 Å². The Morgan fingerprint density at radius 1 is 0.852 bits per heavy atom. The quantitative estimate of drug-likeness (QED) is 0.507. The average molecular weight is 352 g/mol. The number of nitrogens with zero attached hydrogens (tertiary/aromatic N) is 2. The second kappa shape index (κ2) is 6.47. The molecular weight excluding hydrogens is 336 g/mol. The molecule has 4 nitrogen and oxygen atoms in total. The van der Waals surface area contributed by atoms with Gasteiger partial charge in [0.1, 0.15) is 0 Å². The first-order chi connectivity index (χ1) is 13.1. The number of hydrogen-bond acceptors (Lipinski definition) is 2. The molecule has 0 aliphatic rings. The molecule has 1 amide bonds. The topological polar surface area (TPSA) is 64.3 Å². The van der Waals surface area contributed by atoms with E-state index in [1.165, 1.54) is 11.9 Å². The molecule has 0 bridgehead atoms. The summed E-state index contributed by atoms with van der Waals surface area (Å²) in [5.41, 5.74) is 2.58. The van der Waals surface area contributed by atoms with Crippen molar-refractivity contribution < 1.29 is 9.90 Å². The van der Waals surface area contributed by atoms with Crippen molar-refractivity contribution >= 4 is 33.3 Å². The van der Waals surface area contributed by atoms with Crippen LogP contribution in [0.25, 0.3) is 32.7 Å². The molecule has 4 rings (SSSR count). The van der Waals surface area contributed by atoms with Gasteiger partial charge in [0.05, 0.1) is 17.3 Å². The van der Waals surface area contributed by atoms with Gasteiger partial charge in [-0.2, -0.15) is 5.26 Å². The molecule has 0 saturated heterocycles. The van der Waals surface area contributed by atoms with E-state index in [4.69, 9.17) is 0 Å². The molecular formula is C23H16N2O2. The number of benzene rings is 4. The molecule has 0 unspecified atom stereocenters. The highest BCUT2D eigenvalue weighted by Crippen LogP contribution is 2.42. The van der Waals surface area contributed by atoms with Crippen molar-refractivity contribution in [3.63, 3.8) is 0 Å². The van der Waals surface area contributed by atoms with Crippen LogP contribution in [0.15, 0.2) is 72.8 Å². The third-order valence-corrected chi connectivity index (χ3v) is 4.85. The highest BCUT2D eigenvalue weighted by molar-refractivity contribution is 6.13. The van der Waals surface area contributed by atoms with E-state index < -0.39 is 6.09 Å². The van der Waals surface area contributed by atoms with Gasteiger partial charge in [-0.05, 0) is 33.7 Å². The van der Waals surface area contributed by atoms with Gasteiger partial charge in [0.25, 0.3) is 0 Å². The van der Waals surface area contributed by atoms with E-state index in [1.54, 1.807) is 12.1 Å². The number of carboxylic acid groups (broad SMARTS) is 1. The summed E-state index contributed by atoms with van der Waals surface area (Å²) in [6.07, 6.45) is -1.05. The third kappa shape index (κ3) is 2.66. The van der Waals surface area contributed by atoms with Crippen molar-refractivity contribution in [2.24, 2.45) is 0 Å². The highest BCUT2D eigenvalue weighted by atomic mass is 16.4. The standard InChI is InChI=1S/C23H16N2O2/c1-25(23(26)27)20-13-12-16-7-3-5-9-19(16)22(20)21-17(14-24)11-10-15-6-2-4-8-18(15)21/h2-13H,1H3,(H,26,27). The van der Waals surface area contributed by atoms with Crippen LogP contribution in [0.1, 0.15) is 5.56 Å². The fraction of sp³-hybridized carbons (Fsp3) is 0.0435. The third-order valence-electron chi connectivity index (χ3n) is 4.85. The molecule has 1 N–H and O–H groups in total. The number of fused-ring (bicyclic) bond motifs is 2. The van der Waals surface area contributed by atoms with E-state index in [0.717, 1.165) is 32.7 Å². The minimum atomic E-state index is -1.05. The lowest BCUT2D eigenvalue weighted by Gasteiger charge is -2.21. The van der Waals surface area contributed by atoms with Gasteiger partial charge in [-0.25, -0.2) is 4.79 Å². The van der Waals surface area contributed by atoms with Crippen molar-refractivity contribution in [3.05, 3.63) is 78.4 Å². The molecule has 0 radical (unpaired) electrons. The predicted molar refractivity (Wildman–Crippen MR) is 108 cm³/mol. The van der Waals surface area contributed by atoms with Gasteiger partial charge < -0.3 is 5.11 Å². The Kier molecular flexibility index (Phi) is 3.98. The zero-order valence-corrected chi connectivity index (χ0v) is 14.7. The molecule has 0 aliphatic carbocycles. The van der Waals surface area contributed by atoms with Crippen LogP contribution in [0.3, 0.4) is 0 Å². The minimum Gasteiger partial charge on any atom is -0.465 e. The Hall–Kier alpha value is -3.84. The molecule has 4 aromatic carbocycles. The fourth-order valence-electron chi connectivity index (χ4n) is 3.54. The number of nitriles is 1. The van der Waals surface area contributed by atoms with E-state index in [9.17, 15) is 15.2 Å². The Bertz CT molecular complexity index is 1240. The van der Waals surface area contributed by atoms with Crippen LogP contribution in [0.5, 0.6) is 0 Å². The molecule has 0 fully saturated rings. The van der Waals surface area contributed by atoms with Crippen LogP contribution in [0, 0.1) is 11.3 Å². The largest absolute Gasteiger partial charge is 0.465 e. The van der Waals surface area contributed by atoms with Gasteiger partial charge in [-0.1, -0.05) is 60.7 Å². The maximum Gasteiger partial charge on any atom is 0.411 e. The Labute approximate surface area is 156 Å².